The van der Waals surface area contributed by atoms with Gasteiger partial charge in [-0.3, -0.25) is 4.79 Å². The Hall–Kier alpha value is 0.110. The maximum Gasteiger partial charge on any atom is 0.313 e. The molecule has 0 radical (unpaired) electrons. The number of quaternary nitrogens is 1. The van der Waals surface area contributed by atoms with Crippen LogP contribution in [-0.2, 0) is 19.4 Å². The maximum absolute atomic E-state index is 12.2. The molecule has 0 unspecified atom stereocenters. The van der Waals surface area contributed by atoms with E-state index in [2.05, 4.69) is 28.1 Å². The average Bonchev–Trinajstić information content (AvgIpc) is 2.61. The smallest absolute Gasteiger partial charge is 0.313 e. The summed E-state index contributed by atoms with van der Waals surface area (Å²) in [5, 5.41) is 0. The van der Waals surface area contributed by atoms with Crippen molar-refractivity contribution < 1.29 is 46.4 Å². The van der Waals surface area contributed by atoms with Gasteiger partial charge in [-0.25, -0.2) is 8.42 Å². The van der Waals surface area contributed by atoms with E-state index in [1.807, 2.05) is 0 Å². The SMILES string of the molecule is CCCCCCCCCC[C@@H]1C(=O)O[C@H]1CCCCS(=O)(=O)CCC[N+](C)(C)C.[I-]. The van der Waals surface area contributed by atoms with E-state index in [1.54, 1.807) is 0 Å². The largest absolute Gasteiger partial charge is 1.00 e. The number of sulfone groups is 1. The van der Waals surface area contributed by atoms with Crippen molar-refractivity contribution >= 4 is 15.8 Å². The first-order chi connectivity index (χ1) is 13.6. The maximum atomic E-state index is 12.2. The van der Waals surface area contributed by atoms with Crippen molar-refractivity contribution in [2.24, 2.45) is 5.92 Å². The lowest BCUT2D eigenvalue weighted by atomic mass is 9.88. The van der Waals surface area contributed by atoms with E-state index in [4.69, 9.17) is 4.74 Å². The summed E-state index contributed by atoms with van der Waals surface area (Å²) in [4.78, 5) is 11.8. The molecule has 0 amide bonds. The minimum absolute atomic E-state index is 0. The van der Waals surface area contributed by atoms with E-state index in [-0.39, 0.29) is 53.5 Å². The highest BCUT2D eigenvalue weighted by molar-refractivity contribution is 7.91. The molecule has 2 atom stereocenters. The predicted molar refractivity (Wildman–Crippen MR) is 121 cm³/mol. The van der Waals surface area contributed by atoms with Crippen molar-refractivity contribution in [1.82, 2.24) is 0 Å². The molecule has 1 aliphatic rings. The molecule has 0 aromatic heterocycles. The lowest BCUT2D eigenvalue weighted by Crippen LogP contribution is -3.00. The first-order valence-corrected chi connectivity index (χ1v) is 13.7. The van der Waals surface area contributed by atoms with Crippen molar-refractivity contribution in [1.29, 1.82) is 0 Å². The van der Waals surface area contributed by atoms with E-state index < -0.39 is 9.84 Å². The lowest BCUT2D eigenvalue weighted by Gasteiger charge is -2.35. The Morgan fingerprint density at radius 1 is 0.800 bits per heavy atom. The zero-order valence-corrected chi connectivity index (χ0v) is 22.8. The van der Waals surface area contributed by atoms with Gasteiger partial charge in [-0.05, 0) is 25.7 Å². The van der Waals surface area contributed by atoms with Crippen molar-refractivity contribution in [3.05, 3.63) is 0 Å². The number of cyclic esters (lactones) is 1. The van der Waals surface area contributed by atoms with Crippen molar-refractivity contribution in [2.75, 3.05) is 39.2 Å². The summed E-state index contributed by atoms with van der Waals surface area (Å²) in [6.07, 6.45) is 14.2. The van der Waals surface area contributed by atoms with E-state index in [9.17, 15) is 13.2 Å². The summed E-state index contributed by atoms with van der Waals surface area (Å²) in [5.41, 5.74) is 0. The van der Waals surface area contributed by atoms with Gasteiger partial charge in [-0.1, -0.05) is 58.3 Å². The number of rotatable bonds is 18. The molecule has 1 rings (SSSR count). The van der Waals surface area contributed by atoms with Crippen LogP contribution in [0.3, 0.4) is 0 Å². The number of hydrogen-bond acceptors (Lipinski definition) is 4. The molecule has 0 saturated carbocycles. The van der Waals surface area contributed by atoms with Gasteiger partial charge in [0.1, 0.15) is 6.10 Å². The highest BCUT2D eigenvalue weighted by Gasteiger charge is 2.40. The molecule has 0 N–H and O–H groups in total. The van der Waals surface area contributed by atoms with E-state index in [0.29, 0.717) is 12.8 Å². The van der Waals surface area contributed by atoms with Crippen LogP contribution in [0.25, 0.3) is 0 Å². The minimum atomic E-state index is -2.96. The second kappa shape index (κ2) is 15.8. The fourth-order valence-corrected chi connectivity index (χ4v) is 5.41. The van der Waals surface area contributed by atoms with Gasteiger partial charge in [0, 0.05) is 6.42 Å². The third-order valence-electron chi connectivity index (χ3n) is 5.87. The number of carbonyl (C=O) groups excluding carboxylic acids is 1. The van der Waals surface area contributed by atoms with Crippen LogP contribution >= 0.6 is 0 Å². The molecule has 30 heavy (non-hydrogen) atoms. The molecule has 0 aromatic rings. The molecule has 0 bridgehead atoms. The Morgan fingerprint density at radius 3 is 1.90 bits per heavy atom. The third kappa shape index (κ3) is 14.2. The van der Waals surface area contributed by atoms with Crippen LogP contribution in [0.1, 0.15) is 90.4 Å². The second-order valence-electron chi connectivity index (χ2n) is 9.86. The molecule has 0 aromatic carbocycles. The van der Waals surface area contributed by atoms with Gasteiger partial charge in [-0.15, -0.1) is 0 Å². The fraction of sp³-hybridized carbons (Fsp3) is 0.957. The molecule has 0 aliphatic carbocycles. The Bertz CT molecular complexity index is 560. The van der Waals surface area contributed by atoms with Crippen molar-refractivity contribution in [3.8, 4) is 0 Å². The fourth-order valence-electron chi connectivity index (χ4n) is 3.99. The minimum Gasteiger partial charge on any atom is -1.00 e. The van der Waals surface area contributed by atoms with Gasteiger partial charge in [0.05, 0.1) is 45.1 Å². The van der Waals surface area contributed by atoms with Crippen molar-refractivity contribution in [3.63, 3.8) is 0 Å². The molecule has 7 heteroatoms. The highest BCUT2D eigenvalue weighted by Crippen LogP contribution is 2.31. The van der Waals surface area contributed by atoms with Crippen LogP contribution in [0.15, 0.2) is 0 Å². The average molecular weight is 560 g/mol. The molecular weight excluding hydrogens is 513 g/mol. The Balaban J connectivity index is 0.00000841. The van der Waals surface area contributed by atoms with Gasteiger partial charge < -0.3 is 33.2 Å². The normalized spacial score (nSPS) is 19.1. The van der Waals surface area contributed by atoms with Crippen LogP contribution in [0.2, 0.25) is 0 Å². The number of hydrogen-bond donors (Lipinski definition) is 0. The molecule has 1 fully saturated rings. The number of esters is 1. The van der Waals surface area contributed by atoms with Crippen LogP contribution < -0.4 is 24.0 Å². The second-order valence-corrected chi connectivity index (χ2v) is 12.2. The standard InChI is InChI=1S/C23H46NO4S.HI/c1-5-6-7-8-9-10-11-12-16-21-22(28-23(21)25)17-13-14-19-29(26,27)20-15-18-24(2,3)4;/h21-22H,5-20H2,1-4H3;1H/q+1;/p-1/t21-,22-;/m0./s1. The van der Waals surface area contributed by atoms with Gasteiger partial charge >= 0.3 is 5.97 Å². The molecular formula is C23H46INO4S. The van der Waals surface area contributed by atoms with Crippen LogP contribution in [0.5, 0.6) is 0 Å². The molecule has 1 saturated heterocycles. The Labute approximate surface area is 203 Å². The topological polar surface area (TPSA) is 60.4 Å². The third-order valence-corrected chi connectivity index (χ3v) is 7.69. The van der Waals surface area contributed by atoms with Gasteiger partial charge in [-0.2, -0.15) is 0 Å². The molecule has 0 spiro atoms. The van der Waals surface area contributed by atoms with Crippen LogP contribution in [0, 0.1) is 5.92 Å². The molecule has 5 nitrogen and oxygen atoms in total. The number of unbranched alkanes of at least 4 members (excludes halogenated alkanes) is 8. The summed E-state index contributed by atoms with van der Waals surface area (Å²) in [7, 11) is 3.28. The molecule has 180 valence electrons. The summed E-state index contributed by atoms with van der Waals surface area (Å²) >= 11 is 0. The summed E-state index contributed by atoms with van der Waals surface area (Å²) < 4.78 is 30.4. The summed E-state index contributed by atoms with van der Waals surface area (Å²) in [6, 6.07) is 0. The van der Waals surface area contributed by atoms with Gasteiger partial charge in [0.25, 0.3) is 0 Å². The lowest BCUT2D eigenvalue weighted by molar-refractivity contribution is -0.870. The Kier molecular flexibility index (Phi) is 15.9. The van der Waals surface area contributed by atoms with Crippen LogP contribution in [-0.4, -0.2) is 64.2 Å². The zero-order chi connectivity index (χ0) is 21.8. The quantitative estimate of drug-likeness (QED) is 0.111. The predicted octanol–water partition coefficient (Wildman–Crippen LogP) is 1.74. The first kappa shape index (κ1) is 30.1. The first-order valence-electron chi connectivity index (χ1n) is 11.9. The van der Waals surface area contributed by atoms with Crippen LogP contribution in [0.4, 0.5) is 0 Å². The Morgan fingerprint density at radius 2 is 1.33 bits per heavy atom. The number of nitrogens with zero attached hydrogens (tertiary/aromatic N) is 1. The van der Waals surface area contributed by atoms with Gasteiger partial charge in [0.2, 0.25) is 0 Å². The highest BCUT2D eigenvalue weighted by atomic mass is 127. The van der Waals surface area contributed by atoms with E-state index in [1.165, 1.54) is 44.9 Å². The van der Waals surface area contributed by atoms with Crippen molar-refractivity contribution in [2.45, 2.75) is 96.5 Å². The molecule has 1 heterocycles. The summed E-state index contributed by atoms with van der Waals surface area (Å²) in [6.45, 7) is 3.11. The van der Waals surface area contributed by atoms with E-state index >= 15 is 0 Å². The summed E-state index contributed by atoms with van der Waals surface area (Å²) in [5.74, 6) is 0.539. The van der Waals surface area contributed by atoms with Gasteiger partial charge in [0.15, 0.2) is 9.84 Å². The monoisotopic (exact) mass is 559 g/mol. The number of halogens is 1. The van der Waals surface area contributed by atoms with E-state index in [0.717, 1.165) is 36.7 Å². The number of ether oxygens (including phenoxy) is 1. The zero-order valence-electron chi connectivity index (χ0n) is 19.8. The number of carbonyl (C=O) groups is 1. The molecule has 1 aliphatic heterocycles.